The molecule has 2 rings (SSSR count). The summed E-state index contributed by atoms with van der Waals surface area (Å²) in [5.41, 5.74) is 0. The van der Waals surface area contributed by atoms with Crippen LogP contribution in [0.1, 0.15) is 24.6 Å². The molecule has 2 heterocycles. The summed E-state index contributed by atoms with van der Waals surface area (Å²) < 4.78 is 5.16. The fourth-order valence-corrected chi connectivity index (χ4v) is 1.99. The Hall–Kier alpha value is -0.940. The highest BCUT2D eigenvalue weighted by molar-refractivity contribution is 4.88. The predicted octanol–water partition coefficient (Wildman–Crippen LogP) is 0.470. The molecule has 1 aromatic heterocycles. The van der Waals surface area contributed by atoms with E-state index in [2.05, 4.69) is 20.4 Å². The third kappa shape index (κ3) is 3.28. The molecule has 1 aliphatic heterocycles. The molecule has 0 spiro atoms. The van der Waals surface area contributed by atoms with Gasteiger partial charge in [0.15, 0.2) is 5.82 Å². The Morgan fingerprint density at radius 3 is 2.88 bits per heavy atom. The van der Waals surface area contributed by atoms with Gasteiger partial charge in [0.05, 0.1) is 0 Å². The normalized spacial score (nSPS) is 17.1. The monoisotopic (exact) mass is 224 g/mol. The van der Waals surface area contributed by atoms with Crippen LogP contribution in [0.25, 0.3) is 0 Å². The van der Waals surface area contributed by atoms with E-state index in [1.54, 1.807) is 0 Å². The lowest BCUT2D eigenvalue weighted by atomic mass is 10.3. The summed E-state index contributed by atoms with van der Waals surface area (Å²) in [6.45, 7) is 4.40. The van der Waals surface area contributed by atoms with Gasteiger partial charge < -0.3 is 14.7 Å². The van der Waals surface area contributed by atoms with Crippen LogP contribution in [0.15, 0.2) is 4.52 Å². The second-order valence-corrected chi connectivity index (χ2v) is 4.26. The first-order chi connectivity index (χ1) is 7.88. The molecule has 5 heteroatoms. The maximum Gasteiger partial charge on any atom is 0.227 e. The van der Waals surface area contributed by atoms with Gasteiger partial charge in [0.1, 0.15) is 0 Å². The minimum Gasteiger partial charge on any atom is -0.339 e. The summed E-state index contributed by atoms with van der Waals surface area (Å²) in [7, 11) is 1.92. The minimum absolute atomic E-state index is 0.741. The zero-order chi connectivity index (χ0) is 11.2. The first-order valence-corrected chi connectivity index (χ1v) is 6.07. The Balaban J connectivity index is 1.73. The van der Waals surface area contributed by atoms with Crippen LogP contribution in [-0.2, 0) is 12.8 Å². The van der Waals surface area contributed by atoms with E-state index in [4.69, 9.17) is 4.52 Å². The highest BCUT2D eigenvalue weighted by atomic mass is 16.5. The molecule has 16 heavy (non-hydrogen) atoms. The van der Waals surface area contributed by atoms with Gasteiger partial charge in [-0.2, -0.15) is 4.98 Å². The van der Waals surface area contributed by atoms with Crippen molar-refractivity contribution in [2.75, 3.05) is 33.2 Å². The number of nitrogens with zero attached hydrogens (tertiary/aromatic N) is 3. The van der Waals surface area contributed by atoms with E-state index in [-0.39, 0.29) is 0 Å². The summed E-state index contributed by atoms with van der Waals surface area (Å²) in [4.78, 5) is 6.83. The highest BCUT2D eigenvalue weighted by Crippen LogP contribution is 2.08. The highest BCUT2D eigenvalue weighted by Gasteiger charge is 2.12. The smallest absolute Gasteiger partial charge is 0.227 e. The molecule has 1 aliphatic rings. The van der Waals surface area contributed by atoms with Crippen LogP contribution in [-0.4, -0.2) is 48.3 Å². The van der Waals surface area contributed by atoms with Gasteiger partial charge in [-0.3, -0.25) is 0 Å². The molecule has 0 aromatic carbocycles. The lowest BCUT2D eigenvalue weighted by Crippen LogP contribution is -2.22. The Kier molecular flexibility index (Phi) is 4.30. The van der Waals surface area contributed by atoms with Crippen LogP contribution in [0, 0.1) is 0 Å². The number of rotatable bonds is 6. The Morgan fingerprint density at radius 2 is 2.12 bits per heavy atom. The molecule has 0 bridgehead atoms. The lowest BCUT2D eigenvalue weighted by Gasteiger charge is -2.11. The first kappa shape index (κ1) is 11.5. The average molecular weight is 224 g/mol. The van der Waals surface area contributed by atoms with Gasteiger partial charge in [0, 0.05) is 25.9 Å². The largest absolute Gasteiger partial charge is 0.339 e. The van der Waals surface area contributed by atoms with Gasteiger partial charge in [-0.25, -0.2) is 0 Å². The first-order valence-electron chi connectivity index (χ1n) is 6.07. The zero-order valence-corrected chi connectivity index (χ0v) is 9.91. The summed E-state index contributed by atoms with van der Waals surface area (Å²) >= 11 is 0. The molecule has 1 N–H and O–H groups in total. The van der Waals surface area contributed by atoms with Gasteiger partial charge in [-0.05, 0) is 33.0 Å². The van der Waals surface area contributed by atoms with Crippen LogP contribution in [0.3, 0.4) is 0 Å². The maximum atomic E-state index is 5.16. The number of nitrogens with one attached hydrogen (secondary N) is 1. The molecule has 0 amide bonds. The summed E-state index contributed by atoms with van der Waals surface area (Å²) in [6, 6.07) is 0. The van der Waals surface area contributed by atoms with Crippen molar-refractivity contribution in [3.63, 3.8) is 0 Å². The predicted molar refractivity (Wildman–Crippen MR) is 61.3 cm³/mol. The van der Waals surface area contributed by atoms with Gasteiger partial charge in [0.25, 0.3) is 0 Å². The van der Waals surface area contributed by atoms with E-state index in [1.165, 1.54) is 25.9 Å². The van der Waals surface area contributed by atoms with Crippen LogP contribution in [0.5, 0.6) is 0 Å². The van der Waals surface area contributed by atoms with Gasteiger partial charge in [-0.1, -0.05) is 5.16 Å². The summed E-state index contributed by atoms with van der Waals surface area (Å²) in [5.74, 6) is 1.59. The zero-order valence-electron chi connectivity index (χ0n) is 9.91. The Bertz CT molecular complexity index is 307. The van der Waals surface area contributed by atoms with Gasteiger partial charge in [0.2, 0.25) is 5.89 Å². The number of likely N-dealkylation sites (N-methyl/N-ethyl adjacent to an activating group) is 1. The maximum absolute atomic E-state index is 5.16. The molecular weight excluding hydrogens is 204 g/mol. The third-order valence-electron chi connectivity index (χ3n) is 2.95. The van der Waals surface area contributed by atoms with Crippen molar-refractivity contribution in [1.29, 1.82) is 0 Å². The molecular formula is C11H20N4O. The van der Waals surface area contributed by atoms with Crippen LogP contribution < -0.4 is 5.32 Å². The third-order valence-corrected chi connectivity index (χ3v) is 2.95. The number of aromatic nitrogens is 2. The van der Waals surface area contributed by atoms with Crippen molar-refractivity contribution in [2.24, 2.45) is 0 Å². The van der Waals surface area contributed by atoms with Crippen LogP contribution in [0.4, 0.5) is 0 Å². The Morgan fingerprint density at radius 1 is 1.31 bits per heavy atom. The fourth-order valence-electron chi connectivity index (χ4n) is 1.99. The van der Waals surface area contributed by atoms with Crippen molar-refractivity contribution in [3.8, 4) is 0 Å². The summed E-state index contributed by atoms with van der Waals surface area (Å²) in [6.07, 6.45) is 4.38. The van der Waals surface area contributed by atoms with Crippen molar-refractivity contribution in [3.05, 3.63) is 11.7 Å². The molecule has 0 unspecified atom stereocenters. The molecule has 5 nitrogen and oxygen atoms in total. The second kappa shape index (κ2) is 5.96. The molecule has 1 saturated heterocycles. The van der Waals surface area contributed by atoms with Crippen LogP contribution >= 0.6 is 0 Å². The molecule has 1 fully saturated rings. The second-order valence-electron chi connectivity index (χ2n) is 4.26. The molecule has 0 aliphatic carbocycles. The quantitative estimate of drug-likeness (QED) is 0.761. The minimum atomic E-state index is 0.741. The lowest BCUT2D eigenvalue weighted by molar-refractivity contribution is 0.334. The van der Waals surface area contributed by atoms with Crippen molar-refractivity contribution >= 4 is 0 Å². The molecule has 1 aromatic rings. The standard InChI is InChI=1S/C11H20N4O/c1-12-6-4-11-13-10(14-16-11)5-9-15-7-2-3-8-15/h12H,2-9H2,1H3. The van der Waals surface area contributed by atoms with Crippen molar-refractivity contribution in [1.82, 2.24) is 20.4 Å². The van der Waals surface area contributed by atoms with Crippen molar-refractivity contribution < 1.29 is 4.52 Å². The van der Waals surface area contributed by atoms with Gasteiger partial charge in [-0.15, -0.1) is 0 Å². The molecule has 0 atom stereocenters. The number of hydrogen-bond donors (Lipinski definition) is 1. The van der Waals surface area contributed by atoms with Gasteiger partial charge >= 0.3 is 0 Å². The molecule has 0 radical (unpaired) electrons. The summed E-state index contributed by atoms with van der Waals surface area (Å²) in [5, 5.41) is 7.06. The van der Waals surface area contributed by atoms with Crippen molar-refractivity contribution in [2.45, 2.75) is 25.7 Å². The SMILES string of the molecule is CNCCc1nc(CCN2CCCC2)no1. The fraction of sp³-hybridized carbons (Fsp3) is 0.818. The van der Waals surface area contributed by atoms with E-state index in [9.17, 15) is 0 Å². The van der Waals surface area contributed by atoms with E-state index >= 15 is 0 Å². The Labute approximate surface area is 96.2 Å². The van der Waals surface area contributed by atoms with E-state index in [0.717, 1.165) is 37.6 Å². The number of hydrogen-bond acceptors (Lipinski definition) is 5. The van der Waals surface area contributed by atoms with E-state index in [1.807, 2.05) is 7.05 Å². The molecule has 90 valence electrons. The van der Waals surface area contributed by atoms with E-state index < -0.39 is 0 Å². The number of likely N-dealkylation sites (tertiary alicyclic amines) is 1. The van der Waals surface area contributed by atoms with E-state index in [0.29, 0.717) is 0 Å². The average Bonchev–Trinajstić information content (AvgIpc) is 2.95. The van der Waals surface area contributed by atoms with Crippen LogP contribution in [0.2, 0.25) is 0 Å². The topological polar surface area (TPSA) is 54.2 Å². The molecule has 0 saturated carbocycles.